The lowest BCUT2D eigenvalue weighted by Gasteiger charge is -2.04. The van der Waals surface area contributed by atoms with Crippen LogP contribution in [-0.2, 0) is 4.79 Å². The minimum Gasteiger partial charge on any atom is -0.497 e. The second-order valence-corrected chi connectivity index (χ2v) is 5.77. The first-order valence-corrected chi connectivity index (χ1v) is 8.02. The Kier molecular flexibility index (Phi) is 5.02. The first-order valence-electron chi connectivity index (χ1n) is 7.20. The number of amides is 1. The van der Waals surface area contributed by atoms with Crippen molar-refractivity contribution in [3.63, 3.8) is 0 Å². The molecule has 0 saturated carbocycles. The van der Waals surface area contributed by atoms with Gasteiger partial charge in [0.25, 0.3) is 5.91 Å². The minimum atomic E-state index is -0.281. The Balaban J connectivity index is 1.58. The molecule has 3 aromatic rings. The van der Waals surface area contributed by atoms with Crippen molar-refractivity contribution in [2.75, 3.05) is 19.0 Å². The largest absolute Gasteiger partial charge is 0.497 e. The highest BCUT2D eigenvalue weighted by atomic mass is 32.1. The van der Waals surface area contributed by atoms with E-state index in [1.165, 1.54) is 11.3 Å². The van der Waals surface area contributed by atoms with Crippen LogP contribution in [0.4, 0.5) is 5.13 Å². The number of nitrogens with one attached hydrogen (secondary N) is 1. The summed E-state index contributed by atoms with van der Waals surface area (Å²) in [5, 5.41) is 11.9. The molecule has 0 fully saturated rings. The molecule has 1 amide bonds. The van der Waals surface area contributed by atoms with E-state index in [4.69, 9.17) is 9.47 Å². The van der Waals surface area contributed by atoms with E-state index in [1.54, 1.807) is 19.2 Å². The molecule has 0 saturated heterocycles. The van der Waals surface area contributed by atoms with E-state index >= 15 is 0 Å². The highest BCUT2D eigenvalue weighted by molar-refractivity contribution is 7.18. The van der Waals surface area contributed by atoms with Crippen LogP contribution in [0.5, 0.6) is 11.5 Å². The summed E-state index contributed by atoms with van der Waals surface area (Å²) >= 11 is 1.30. The van der Waals surface area contributed by atoms with Crippen molar-refractivity contribution in [2.45, 2.75) is 0 Å². The summed E-state index contributed by atoms with van der Waals surface area (Å²) in [5.74, 6) is 1.13. The van der Waals surface area contributed by atoms with Crippen molar-refractivity contribution in [1.82, 2.24) is 10.2 Å². The average molecular weight is 341 g/mol. The van der Waals surface area contributed by atoms with Crippen molar-refractivity contribution in [3.8, 4) is 22.1 Å². The van der Waals surface area contributed by atoms with E-state index in [9.17, 15) is 4.79 Å². The Bertz CT molecular complexity index is 803. The van der Waals surface area contributed by atoms with Gasteiger partial charge in [0.1, 0.15) is 16.5 Å². The zero-order valence-electron chi connectivity index (χ0n) is 12.9. The number of nitrogens with zero attached hydrogens (tertiary/aromatic N) is 2. The van der Waals surface area contributed by atoms with Gasteiger partial charge >= 0.3 is 0 Å². The van der Waals surface area contributed by atoms with Crippen molar-refractivity contribution in [3.05, 3.63) is 54.6 Å². The molecule has 2 aromatic carbocycles. The third-order valence-electron chi connectivity index (χ3n) is 3.12. The van der Waals surface area contributed by atoms with Crippen molar-refractivity contribution < 1.29 is 14.3 Å². The summed E-state index contributed by atoms with van der Waals surface area (Å²) in [4.78, 5) is 11.9. The molecule has 0 atom stereocenters. The van der Waals surface area contributed by atoms with Gasteiger partial charge in [-0.3, -0.25) is 10.1 Å². The van der Waals surface area contributed by atoms with Gasteiger partial charge in [0.05, 0.1) is 7.11 Å². The van der Waals surface area contributed by atoms with Gasteiger partial charge in [-0.05, 0) is 36.4 Å². The fraction of sp³-hybridized carbons (Fsp3) is 0.118. The lowest BCUT2D eigenvalue weighted by atomic mass is 10.2. The lowest BCUT2D eigenvalue weighted by molar-refractivity contribution is -0.118. The van der Waals surface area contributed by atoms with Gasteiger partial charge in [-0.25, -0.2) is 0 Å². The first kappa shape index (κ1) is 15.9. The SMILES string of the molecule is COc1ccc(-c2nnc(NC(=O)COc3ccccc3)s2)cc1. The molecule has 0 aliphatic carbocycles. The van der Waals surface area contributed by atoms with Gasteiger partial charge in [0.15, 0.2) is 6.61 Å². The smallest absolute Gasteiger partial charge is 0.264 e. The van der Waals surface area contributed by atoms with Crippen LogP contribution in [-0.4, -0.2) is 29.8 Å². The molecule has 1 N–H and O–H groups in total. The van der Waals surface area contributed by atoms with Crippen molar-refractivity contribution in [1.29, 1.82) is 0 Å². The van der Waals surface area contributed by atoms with E-state index in [-0.39, 0.29) is 12.5 Å². The summed E-state index contributed by atoms with van der Waals surface area (Å²) in [6.07, 6.45) is 0. The number of benzene rings is 2. The predicted molar refractivity (Wildman–Crippen MR) is 92.5 cm³/mol. The van der Waals surface area contributed by atoms with Crippen molar-refractivity contribution in [2.24, 2.45) is 0 Å². The zero-order chi connectivity index (χ0) is 16.8. The highest BCUT2D eigenvalue weighted by Crippen LogP contribution is 2.27. The van der Waals surface area contributed by atoms with Gasteiger partial charge in [0, 0.05) is 5.56 Å². The fourth-order valence-corrected chi connectivity index (χ4v) is 2.71. The number of rotatable bonds is 6. The standard InChI is InChI=1S/C17H15N3O3S/c1-22-13-9-7-12(8-10-13)16-19-20-17(24-16)18-15(21)11-23-14-5-3-2-4-6-14/h2-10H,11H2,1H3,(H,18,20,21). The molecule has 122 valence electrons. The van der Waals surface area contributed by atoms with Crippen LogP contribution >= 0.6 is 11.3 Å². The number of para-hydroxylation sites is 1. The minimum absolute atomic E-state index is 0.0819. The Morgan fingerprint density at radius 1 is 1.04 bits per heavy atom. The van der Waals surface area contributed by atoms with Gasteiger partial charge in [-0.1, -0.05) is 29.5 Å². The first-order chi connectivity index (χ1) is 11.7. The molecule has 0 bridgehead atoms. The summed E-state index contributed by atoms with van der Waals surface area (Å²) in [6.45, 7) is -0.0819. The summed E-state index contributed by atoms with van der Waals surface area (Å²) in [5.41, 5.74) is 0.911. The second-order valence-electron chi connectivity index (χ2n) is 4.79. The Morgan fingerprint density at radius 2 is 1.79 bits per heavy atom. The van der Waals surface area contributed by atoms with Gasteiger partial charge in [-0.15, -0.1) is 10.2 Å². The quantitative estimate of drug-likeness (QED) is 0.745. The topological polar surface area (TPSA) is 73.3 Å². The van der Waals surface area contributed by atoms with E-state index in [0.29, 0.717) is 10.9 Å². The van der Waals surface area contributed by atoms with Crippen molar-refractivity contribution >= 4 is 22.4 Å². The molecule has 0 spiro atoms. The van der Waals surface area contributed by atoms with Gasteiger partial charge < -0.3 is 9.47 Å². The third-order valence-corrected chi connectivity index (χ3v) is 4.01. The summed E-state index contributed by atoms with van der Waals surface area (Å²) in [7, 11) is 1.62. The number of carbonyl (C=O) groups excluding carboxylic acids is 1. The molecule has 0 aliphatic heterocycles. The maximum Gasteiger partial charge on any atom is 0.264 e. The van der Waals surface area contributed by atoms with E-state index in [1.807, 2.05) is 42.5 Å². The normalized spacial score (nSPS) is 10.2. The lowest BCUT2D eigenvalue weighted by Crippen LogP contribution is -2.20. The zero-order valence-corrected chi connectivity index (χ0v) is 13.7. The van der Waals surface area contributed by atoms with E-state index in [0.717, 1.165) is 16.3 Å². The Morgan fingerprint density at radius 3 is 2.50 bits per heavy atom. The Labute approximate surface area is 143 Å². The molecule has 0 radical (unpaired) electrons. The number of carbonyl (C=O) groups is 1. The van der Waals surface area contributed by atoms with Crippen LogP contribution in [0.25, 0.3) is 10.6 Å². The molecule has 24 heavy (non-hydrogen) atoms. The van der Waals surface area contributed by atoms with E-state index in [2.05, 4.69) is 15.5 Å². The highest BCUT2D eigenvalue weighted by Gasteiger charge is 2.10. The predicted octanol–water partition coefficient (Wildman–Crippen LogP) is 3.23. The number of methoxy groups -OCH3 is 1. The van der Waals surface area contributed by atoms with Crippen LogP contribution in [0.2, 0.25) is 0 Å². The average Bonchev–Trinajstić information content (AvgIpc) is 3.09. The molecule has 6 nitrogen and oxygen atoms in total. The van der Waals surface area contributed by atoms with Gasteiger partial charge in [-0.2, -0.15) is 0 Å². The second kappa shape index (κ2) is 7.56. The molecule has 0 unspecified atom stereocenters. The maximum atomic E-state index is 11.9. The van der Waals surface area contributed by atoms with Crippen LogP contribution in [0.15, 0.2) is 54.6 Å². The summed E-state index contributed by atoms with van der Waals surface area (Å²) < 4.78 is 10.5. The van der Waals surface area contributed by atoms with Crippen LogP contribution in [0, 0.1) is 0 Å². The molecule has 7 heteroatoms. The monoisotopic (exact) mass is 341 g/mol. The summed E-state index contributed by atoms with van der Waals surface area (Å²) in [6, 6.07) is 16.6. The van der Waals surface area contributed by atoms with Gasteiger partial charge in [0.2, 0.25) is 5.13 Å². The Hall–Kier alpha value is -2.93. The number of anilines is 1. The number of hydrogen-bond donors (Lipinski definition) is 1. The molecular weight excluding hydrogens is 326 g/mol. The molecule has 1 heterocycles. The van der Waals surface area contributed by atoms with Crippen LogP contribution < -0.4 is 14.8 Å². The third kappa shape index (κ3) is 4.08. The molecular formula is C17H15N3O3S. The number of aromatic nitrogens is 2. The molecule has 0 aliphatic rings. The fourth-order valence-electron chi connectivity index (χ4n) is 1.94. The maximum absolute atomic E-state index is 11.9. The van der Waals surface area contributed by atoms with E-state index < -0.39 is 0 Å². The molecule has 3 rings (SSSR count). The number of ether oxygens (including phenoxy) is 2. The van der Waals surface area contributed by atoms with Crippen LogP contribution in [0.3, 0.4) is 0 Å². The molecule has 1 aromatic heterocycles. The number of hydrogen-bond acceptors (Lipinski definition) is 6. The van der Waals surface area contributed by atoms with Crippen LogP contribution in [0.1, 0.15) is 0 Å².